The lowest BCUT2D eigenvalue weighted by Gasteiger charge is -2.19. The summed E-state index contributed by atoms with van der Waals surface area (Å²) in [6, 6.07) is 29.4. The molecule has 0 saturated carbocycles. The SMILES string of the molecule is Clc1ccccc1CC(c1ccccc1)c1ccccc1. The number of hydrogen-bond acceptors (Lipinski definition) is 0. The molecule has 3 aromatic rings. The van der Waals surface area contributed by atoms with Gasteiger partial charge in [0.15, 0.2) is 0 Å². The first kappa shape index (κ1) is 13.9. The average molecular weight is 293 g/mol. The minimum atomic E-state index is 0.326. The Morgan fingerprint density at radius 1 is 0.619 bits per heavy atom. The highest BCUT2D eigenvalue weighted by atomic mass is 35.5. The molecule has 0 aromatic heterocycles. The van der Waals surface area contributed by atoms with Crippen LogP contribution in [0.2, 0.25) is 5.02 Å². The highest BCUT2D eigenvalue weighted by Crippen LogP contribution is 2.30. The van der Waals surface area contributed by atoms with E-state index in [9.17, 15) is 0 Å². The van der Waals surface area contributed by atoms with Gasteiger partial charge in [-0.1, -0.05) is 90.5 Å². The average Bonchev–Trinajstić information content (AvgIpc) is 2.56. The zero-order chi connectivity index (χ0) is 14.5. The molecule has 3 aromatic carbocycles. The third kappa shape index (κ3) is 3.34. The lowest BCUT2D eigenvalue weighted by atomic mass is 9.86. The van der Waals surface area contributed by atoms with Gasteiger partial charge in [0.05, 0.1) is 0 Å². The molecule has 0 N–H and O–H groups in total. The molecule has 0 unspecified atom stereocenters. The fourth-order valence-electron chi connectivity index (χ4n) is 2.68. The molecular weight excluding hydrogens is 276 g/mol. The Morgan fingerprint density at radius 2 is 1.10 bits per heavy atom. The van der Waals surface area contributed by atoms with E-state index in [0.717, 1.165) is 11.4 Å². The second-order valence-electron chi connectivity index (χ2n) is 5.17. The van der Waals surface area contributed by atoms with Gasteiger partial charge in [0.2, 0.25) is 0 Å². The highest BCUT2D eigenvalue weighted by molar-refractivity contribution is 6.31. The van der Waals surface area contributed by atoms with Crippen LogP contribution in [-0.4, -0.2) is 0 Å². The molecule has 0 heterocycles. The van der Waals surface area contributed by atoms with Crippen molar-refractivity contribution in [2.75, 3.05) is 0 Å². The van der Waals surface area contributed by atoms with Crippen molar-refractivity contribution in [1.29, 1.82) is 0 Å². The molecule has 1 heteroatoms. The maximum atomic E-state index is 6.34. The molecule has 0 spiro atoms. The molecule has 0 radical (unpaired) electrons. The van der Waals surface area contributed by atoms with E-state index in [0.29, 0.717) is 5.92 Å². The Hall–Kier alpha value is -2.05. The number of benzene rings is 3. The van der Waals surface area contributed by atoms with Crippen LogP contribution in [0, 0.1) is 0 Å². The van der Waals surface area contributed by atoms with Crippen LogP contribution in [0.1, 0.15) is 22.6 Å². The Labute approximate surface area is 131 Å². The smallest absolute Gasteiger partial charge is 0.0438 e. The summed E-state index contributed by atoms with van der Waals surface area (Å²) >= 11 is 6.34. The fourth-order valence-corrected chi connectivity index (χ4v) is 2.90. The summed E-state index contributed by atoms with van der Waals surface area (Å²) in [5.41, 5.74) is 3.84. The van der Waals surface area contributed by atoms with E-state index in [-0.39, 0.29) is 0 Å². The van der Waals surface area contributed by atoms with Crippen molar-refractivity contribution in [3.05, 3.63) is 107 Å². The summed E-state index contributed by atoms with van der Waals surface area (Å²) in [6.45, 7) is 0. The Kier molecular flexibility index (Phi) is 4.37. The van der Waals surface area contributed by atoms with E-state index < -0.39 is 0 Å². The molecule has 0 saturated heterocycles. The third-order valence-electron chi connectivity index (χ3n) is 3.79. The molecular formula is C20H17Cl. The van der Waals surface area contributed by atoms with Crippen molar-refractivity contribution in [2.45, 2.75) is 12.3 Å². The number of halogens is 1. The maximum Gasteiger partial charge on any atom is 0.0438 e. The first-order valence-corrected chi connectivity index (χ1v) is 7.55. The molecule has 21 heavy (non-hydrogen) atoms. The van der Waals surface area contributed by atoms with Gasteiger partial charge in [0.1, 0.15) is 0 Å². The van der Waals surface area contributed by atoms with Crippen LogP contribution in [0.3, 0.4) is 0 Å². The van der Waals surface area contributed by atoms with Gasteiger partial charge in [-0.05, 0) is 29.2 Å². The molecule has 0 aliphatic heterocycles. The lowest BCUT2D eigenvalue weighted by Crippen LogP contribution is -2.05. The van der Waals surface area contributed by atoms with E-state index in [1.165, 1.54) is 16.7 Å². The molecule has 0 amide bonds. The van der Waals surface area contributed by atoms with Gasteiger partial charge in [-0.2, -0.15) is 0 Å². The van der Waals surface area contributed by atoms with E-state index >= 15 is 0 Å². The van der Waals surface area contributed by atoms with Crippen LogP contribution in [0.5, 0.6) is 0 Å². The normalized spacial score (nSPS) is 10.8. The fraction of sp³-hybridized carbons (Fsp3) is 0.100. The third-order valence-corrected chi connectivity index (χ3v) is 4.15. The zero-order valence-corrected chi connectivity index (χ0v) is 12.5. The molecule has 3 rings (SSSR count). The summed E-state index contributed by atoms with van der Waals surface area (Å²) < 4.78 is 0. The Balaban J connectivity index is 1.99. The van der Waals surface area contributed by atoms with Crippen molar-refractivity contribution < 1.29 is 0 Å². The Morgan fingerprint density at radius 3 is 1.62 bits per heavy atom. The van der Waals surface area contributed by atoms with Crippen LogP contribution < -0.4 is 0 Å². The second kappa shape index (κ2) is 6.60. The standard InChI is InChI=1S/C20H17Cl/c21-20-14-8-7-13-18(20)15-19(16-9-3-1-4-10-16)17-11-5-2-6-12-17/h1-14,19H,15H2. The minimum absolute atomic E-state index is 0.326. The molecule has 0 aliphatic carbocycles. The molecule has 0 bridgehead atoms. The lowest BCUT2D eigenvalue weighted by molar-refractivity contribution is 0.805. The van der Waals surface area contributed by atoms with E-state index in [1.54, 1.807) is 0 Å². The van der Waals surface area contributed by atoms with Gasteiger partial charge in [-0.3, -0.25) is 0 Å². The summed E-state index contributed by atoms with van der Waals surface area (Å²) in [5.74, 6) is 0.326. The predicted molar refractivity (Wildman–Crippen MR) is 89.9 cm³/mol. The summed E-state index contributed by atoms with van der Waals surface area (Å²) in [4.78, 5) is 0. The topological polar surface area (TPSA) is 0 Å². The van der Waals surface area contributed by atoms with Crippen molar-refractivity contribution in [2.24, 2.45) is 0 Å². The van der Waals surface area contributed by atoms with Gasteiger partial charge < -0.3 is 0 Å². The summed E-state index contributed by atoms with van der Waals surface area (Å²) in [7, 11) is 0. The van der Waals surface area contributed by atoms with Gasteiger partial charge in [0.25, 0.3) is 0 Å². The first-order valence-electron chi connectivity index (χ1n) is 7.18. The van der Waals surface area contributed by atoms with Crippen LogP contribution in [-0.2, 0) is 6.42 Å². The van der Waals surface area contributed by atoms with E-state index in [2.05, 4.69) is 66.7 Å². The molecule has 0 nitrogen and oxygen atoms in total. The van der Waals surface area contributed by atoms with Crippen molar-refractivity contribution in [3.8, 4) is 0 Å². The van der Waals surface area contributed by atoms with Gasteiger partial charge in [0, 0.05) is 10.9 Å². The largest absolute Gasteiger partial charge is 0.0840 e. The highest BCUT2D eigenvalue weighted by Gasteiger charge is 2.15. The van der Waals surface area contributed by atoms with Gasteiger partial charge in [-0.25, -0.2) is 0 Å². The summed E-state index contributed by atoms with van der Waals surface area (Å²) in [6.07, 6.45) is 0.910. The van der Waals surface area contributed by atoms with Crippen LogP contribution in [0.15, 0.2) is 84.9 Å². The second-order valence-corrected chi connectivity index (χ2v) is 5.58. The first-order chi connectivity index (χ1) is 10.3. The number of rotatable bonds is 4. The minimum Gasteiger partial charge on any atom is -0.0840 e. The molecule has 0 fully saturated rings. The summed E-state index contributed by atoms with van der Waals surface area (Å²) in [5, 5.41) is 0.842. The van der Waals surface area contributed by atoms with E-state index in [4.69, 9.17) is 11.6 Å². The van der Waals surface area contributed by atoms with Crippen molar-refractivity contribution in [1.82, 2.24) is 0 Å². The Bertz CT molecular complexity index is 650. The zero-order valence-electron chi connectivity index (χ0n) is 11.7. The quantitative estimate of drug-likeness (QED) is 0.577. The predicted octanol–water partition coefficient (Wildman–Crippen LogP) is 5.71. The van der Waals surface area contributed by atoms with E-state index in [1.807, 2.05) is 18.2 Å². The monoisotopic (exact) mass is 292 g/mol. The number of hydrogen-bond donors (Lipinski definition) is 0. The van der Waals surface area contributed by atoms with Gasteiger partial charge in [-0.15, -0.1) is 0 Å². The van der Waals surface area contributed by atoms with Gasteiger partial charge >= 0.3 is 0 Å². The van der Waals surface area contributed by atoms with Crippen LogP contribution in [0.4, 0.5) is 0 Å². The van der Waals surface area contributed by atoms with Crippen molar-refractivity contribution >= 4 is 11.6 Å². The maximum absolute atomic E-state index is 6.34. The molecule has 0 atom stereocenters. The van der Waals surface area contributed by atoms with Crippen LogP contribution in [0.25, 0.3) is 0 Å². The molecule has 0 aliphatic rings. The molecule has 104 valence electrons. The van der Waals surface area contributed by atoms with Crippen molar-refractivity contribution in [3.63, 3.8) is 0 Å². The van der Waals surface area contributed by atoms with Crippen LogP contribution >= 0.6 is 11.6 Å².